The number of benzene rings is 2. The maximum Gasteiger partial charge on any atom is 0.231 e. The Morgan fingerprint density at radius 2 is 1.56 bits per heavy atom. The van der Waals surface area contributed by atoms with Gasteiger partial charge in [-0.1, -0.05) is 18.6 Å². The average molecular weight is 343 g/mol. The summed E-state index contributed by atoms with van der Waals surface area (Å²) in [4.78, 5) is 25.0. The van der Waals surface area contributed by atoms with Crippen LogP contribution in [-0.4, -0.2) is 11.8 Å². The molecular weight excluding hydrogens is 321 g/mol. The Labute approximate surface area is 146 Å². The molecule has 0 aliphatic carbocycles. The number of halogens is 1. The van der Waals surface area contributed by atoms with Crippen molar-refractivity contribution >= 4 is 28.9 Å². The van der Waals surface area contributed by atoms with Crippen molar-refractivity contribution in [3.05, 3.63) is 54.3 Å². The number of hydrogen-bond donors (Lipinski definition) is 2. The third-order valence-corrected chi connectivity index (χ3v) is 3.83. The van der Waals surface area contributed by atoms with Crippen molar-refractivity contribution in [2.45, 2.75) is 32.1 Å². The van der Waals surface area contributed by atoms with Gasteiger partial charge in [-0.25, -0.2) is 4.39 Å². The smallest absolute Gasteiger partial charge is 0.231 e. The Hall–Kier alpha value is -2.89. The lowest BCUT2D eigenvalue weighted by Crippen LogP contribution is -2.26. The zero-order valence-electron chi connectivity index (χ0n) is 14.0. The van der Waals surface area contributed by atoms with Gasteiger partial charge in [-0.05, 0) is 49.2 Å². The SMILES string of the molecule is NC(=O)CCCCCC(=O)N(c1ccc(F)cc1)c1ccccc1N. The van der Waals surface area contributed by atoms with E-state index in [1.54, 1.807) is 36.4 Å². The number of nitrogens with zero attached hydrogens (tertiary/aromatic N) is 1. The number of nitrogens with two attached hydrogens (primary N) is 2. The van der Waals surface area contributed by atoms with E-state index < -0.39 is 0 Å². The largest absolute Gasteiger partial charge is 0.397 e. The van der Waals surface area contributed by atoms with Gasteiger partial charge in [0.25, 0.3) is 0 Å². The van der Waals surface area contributed by atoms with E-state index in [1.165, 1.54) is 17.0 Å². The van der Waals surface area contributed by atoms with Gasteiger partial charge in [0.05, 0.1) is 11.4 Å². The highest BCUT2D eigenvalue weighted by Gasteiger charge is 2.19. The van der Waals surface area contributed by atoms with Crippen molar-refractivity contribution in [1.82, 2.24) is 0 Å². The summed E-state index contributed by atoms with van der Waals surface area (Å²) in [5.41, 5.74) is 12.7. The van der Waals surface area contributed by atoms with E-state index in [-0.39, 0.29) is 17.6 Å². The third-order valence-electron chi connectivity index (χ3n) is 3.83. The van der Waals surface area contributed by atoms with Crippen LogP contribution >= 0.6 is 0 Å². The predicted octanol–water partition coefficient (Wildman–Crippen LogP) is 3.51. The molecule has 0 aliphatic rings. The molecule has 25 heavy (non-hydrogen) atoms. The van der Waals surface area contributed by atoms with E-state index >= 15 is 0 Å². The lowest BCUT2D eigenvalue weighted by Gasteiger charge is -2.24. The van der Waals surface area contributed by atoms with E-state index in [0.717, 1.165) is 6.42 Å². The number of para-hydroxylation sites is 2. The first-order valence-corrected chi connectivity index (χ1v) is 8.20. The molecule has 2 amide bonds. The molecule has 0 atom stereocenters. The predicted molar refractivity (Wildman–Crippen MR) is 96.7 cm³/mol. The van der Waals surface area contributed by atoms with Crippen LogP contribution in [0.4, 0.5) is 21.5 Å². The lowest BCUT2D eigenvalue weighted by atomic mass is 10.1. The molecule has 0 bridgehead atoms. The summed E-state index contributed by atoms with van der Waals surface area (Å²) in [5, 5.41) is 0. The van der Waals surface area contributed by atoms with Crippen LogP contribution in [0.2, 0.25) is 0 Å². The number of hydrogen-bond acceptors (Lipinski definition) is 3. The maximum absolute atomic E-state index is 13.2. The summed E-state index contributed by atoms with van der Waals surface area (Å²) in [5.74, 6) is -0.844. The van der Waals surface area contributed by atoms with Crippen LogP contribution in [0.3, 0.4) is 0 Å². The number of nitrogen functional groups attached to an aromatic ring is 1. The molecule has 0 saturated carbocycles. The Morgan fingerprint density at radius 3 is 2.20 bits per heavy atom. The second kappa shape index (κ2) is 8.82. The van der Waals surface area contributed by atoms with Crippen LogP contribution in [0.1, 0.15) is 32.1 Å². The van der Waals surface area contributed by atoms with Gasteiger partial charge in [0.15, 0.2) is 0 Å². The number of carbonyl (C=O) groups is 2. The van der Waals surface area contributed by atoms with E-state index in [9.17, 15) is 14.0 Å². The van der Waals surface area contributed by atoms with Gasteiger partial charge < -0.3 is 11.5 Å². The molecule has 4 N–H and O–H groups in total. The Bertz CT molecular complexity index is 732. The van der Waals surface area contributed by atoms with Crippen LogP contribution < -0.4 is 16.4 Å². The fourth-order valence-electron chi connectivity index (χ4n) is 2.56. The van der Waals surface area contributed by atoms with Gasteiger partial charge in [-0.2, -0.15) is 0 Å². The van der Waals surface area contributed by atoms with Gasteiger partial charge >= 0.3 is 0 Å². The molecule has 2 aromatic carbocycles. The maximum atomic E-state index is 13.2. The quantitative estimate of drug-likeness (QED) is 0.568. The molecule has 0 heterocycles. The fraction of sp³-hybridized carbons (Fsp3) is 0.263. The zero-order chi connectivity index (χ0) is 18.2. The molecule has 0 aliphatic heterocycles. The molecule has 0 radical (unpaired) electrons. The van der Waals surface area contributed by atoms with Crippen LogP contribution in [0, 0.1) is 5.82 Å². The second-order valence-corrected chi connectivity index (χ2v) is 5.79. The highest BCUT2D eigenvalue weighted by atomic mass is 19.1. The van der Waals surface area contributed by atoms with E-state index in [0.29, 0.717) is 42.7 Å². The number of unbranched alkanes of at least 4 members (excludes halogenated alkanes) is 2. The summed E-state index contributed by atoms with van der Waals surface area (Å²) in [6.07, 6.45) is 2.64. The molecule has 0 aromatic heterocycles. The summed E-state index contributed by atoms with van der Waals surface area (Å²) in [7, 11) is 0. The van der Waals surface area contributed by atoms with E-state index in [1.807, 2.05) is 0 Å². The highest BCUT2D eigenvalue weighted by molar-refractivity contribution is 6.02. The van der Waals surface area contributed by atoms with Gasteiger partial charge in [-0.3, -0.25) is 14.5 Å². The first kappa shape index (κ1) is 18.4. The van der Waals surface area contributed by atoms with Crippen molar-refractivity contribution in [2.24, 2.45) is 5.73 Å². The van der Waals surface area contributed by atoms with Crippen molar-refractivity contribution in [1.29, 1.82) is 0 Å². The molecule has 2 aromatic rings. The van der Waals surface area contributed by atoms with E-state index in [2.05, 4.69) is 0 Å². The highest BCUT2D eigenvalue weighted by Crippen LogP contribution is 2.31. The van der Waals surface area contributed by atoms with Crippen LogP contribution in [-0.2, 0) is 9.59 Å². The Morgan fingerprint density at radius 1 is 0.920 bits per heavy atom. The van der Waals surface area contributed by atoms with Crippen molar-refractivity contribution in [2.75, 3.05) is 10.6 Å². The molecule has 0 spiro atoms. The first-order valence-electron chi connectivity index (χ1n) is 8.20. The Kier molecular flexibility index (Phi) is 6.51. The van der Waals surface area contributed by atoms with Crippen LogP contribution in [0.5, 0.6) is 0 Å². The number of carbonyl (C=O) groups excluding carboxylic acids is 2. The zero-order valence-corrected chi connectivity index (χ0v) is 14.0. The number of anilines is 3. The number of amides is 2. The molecule has 0 unspecified atom stereocenters. The molecular formula is C19H22FN3O2. The van der Waals surface area contributed by atoms with Gasteiger partial charge in [0, 0.05) is 18.5 Å². The molecule has 0 fully saturated rings. The third kappa shape index (κ3) is 5.31. The molecule has 6 heteroatoms. The van der Waals surface area contributed by atoms with Gasteiger partial charge in [-0.15, -0.1) is 0 Å². The lowest BCUT2D eigenvalue weighted by molar-refractivity contribution is -0.118. The monoisotopic (exact) mass is 343 g/mol. The molecule has 0 saturated heterocycles. The van der Waals surface area contributed by atoms with Gasteiger partial charge in [0.1, 0.15) is 5.82 Å². The minimum atomic E-state index is -0.372. The normalized spacial score (nSPS) is 10.4. The molecule has 2 rings (SSSR count). The van der Waals surface area contributed by atoms with Crippen molar-refractivity contribution in [3.8, 4) is 0 Å². The minimum absolute atomic E-state index is 0.136. The second-order valence-electron chi connectivity index (χ2n) is 5.79. The standard InChI is InChI=1S/C19H22FN3O2/c20-14-10-12-15(13-11-14)23(17-7-5-4-6-16(17)21)19(25)9-3-1-2-8-18(22)24/h4-7,10-13H,1-3,8-9,21H2,(H2,22,24). The molecule has 132 valence electrons. The van der Waals surface area contributed by atoms with Crippen LogP contribution in [0.15, 0.2) is 48.5 Å². The van der Waals surface area contributed by atoms with Crippen molar-refractivity contribution < 1.29 is 14.0 Å². The minimum Gasteiger partial charge on any atom is -0.397 e. The Balaban J connectivity index is 2.14. The van der Waals surface area contributed by atoms with Gasteiger partial charge in [0.2, 0.25) is 11.8 Å². The van der Waals surface area contributed by atoms with Crippen LogP contribution in [0.25, 0.3) is 0 Å². The number of rotatable bonds is 8. The van der Waals surface area contributed by atoms with Crippen molar-refractivity contribution in [3.63, 3.8) is 0 Å². The summed E-state index contributed by atoms with van der Waals surface area (Å²) in [6, 6.07) is 12.8. The fourth-order valence-corrected chi connectivity index (χ4v) is 2.56. The topological polar surface area (TPSA) is 89.4 Å². The summed E-state index contributed by atoms with van der Waals surface area (Å²) < 4.78 is 13.2. The average Bonchev–Trinajstić information content (AvgIpc) is 2.58. The first-order chi connectivity index (χ1) is 12.0. The van der Waals surface area contributed by atoms with E-state index in [4.69, 9.17) is 11.5 Å². The summed E-state index contributed by atoms with van der Waals surface area (Å²) >= 11 is 0. The summed E-state index contributed by atoms with van der Waals surface area (Å²) in [6.45, 7) is 0. The molecule has 5 nitrogen and oxygen atoms in total. The number of primary amides is 1.